The van der Waals surface area contributed by atoms with Crippen LogP contribution in [0.1, 0.15) is 27.7 Å². The zero-order valence-corrected chi connectivity index (χ0v) is 13.7. The van der Waals surface area contributed by atoms with Crippen molar-refractivity contribution in [1.82, 2.24) is 4.72 Å². The molecule has 2 rings (SSSR count). The normalized spacial score (nSPS) is 21.4. The summed E-state index contributed by atoms with van der Waals surface area (Å²) >= 11 is 3.01. The molecule has 1 aliphatic carbocycles. The van der Waals surface area contributed by atoms with Crippen LogP contribution in [-0.2, 0) is 10.0 Å². The second kappa shape index (κ2) is 4.27. The molecule has 0 aliphatic heterocycles. The van der Waals surface area contributed by atoms with Crippen molar-refractivity contribution < 1.29 is 12.8 Å². The molecule has 0 saturated heterocycles. The van der Waals surface area contributed by atoms with Gasteiger partial charge in [0.1, 0.15) is 5.82 Å². The number of hydrogen-bond acceptors (Lipinski definition) is 2. The molecule has 0 spiro atoms. The van der Waals surface area contributed by atoms with E-state index in [1.807, 2.05) is 27.7 Å². The maximum atomic E-state index is 13.4. The molecule has 0 aromatic heterocycles. The van der Waals surface area contributed by atoms with Crippen LogP contribution in [0.3, 0.4) is 0 Å². The Labute approximate surface area is 121 Å². The van der Waals surface area contributed by atoms with Crippen LogP contribution in [0.5, 0.6) is 0 Å². The fourth-order valence-corrected chi connectivity index (χ4v) is 4.15. The highest BCUT2D eigenvalue weighted by Crippen LogP contribution is 2.62. The Balaban J connectivity index is 2.28. The first-order valence-corrected chi connectivity index (χ1v) is 8.25. The second-order valence-corrected chi connectivity index (χ2v) is 8.64. The van der Waals surface area contributed by atoms with Gasteiger partial charge in [-0.25, -0.2) is 17.5 Å². The number of halogens is 2. The van der Waals surface area contributed by atoms with Gasteiger partial charge in [-0.1, -0.05) is 27.7 Å². The third-order valence-corrected chi connectivity index (χ3v) is 6.56. The summed E-state index contributed by atoms with van der Waals surface area (Å²) in [5.74, 6) is -0.586. The van der Waals surface area contributed by atoms with Gasteiger partial charge in [0.05, 0.1) is 9.37 Å². The van der Waals surface area contributed by atoms with E-state index in [0.717, 1.165) is 6.07 Å². The van der Waals surface area contributed by atoms with Crippen LogP contribution in [0.2, 0.25) is 0 Å². The van der Waals surface area contributed by atoms with E-state index >= 15 is 0 Å². The quantitative estimate of drug-likeness (QED) is 0.909. The van der Waals surface area contributed by atoms with E-state index in [9.17, 15) is 12.8 Å². The van der Waals surface area contributed by atoms with E-state index in [1.165, 1.54) is 12.1 Å². The summed E-state index contributed by atoms with van der Waals surface area (Å²) < 4.78 is 40.8. The van der Waals surface area contributed by atoms with E-state index in [0.29, 0.717) is 0 Å². The van der Waals surface area contributed by atoms with Crippen molar-refractivity contribution in [3.05, 3.63) is 28.5 Å². The van der Waals surface area contributed by atoms with Gasteiger partial charge in [-0.15, -0.1) is 0 Å². The number of benzene rings is 1. The number of nitrogens with one attached hydrogen (secondary N) is 1. The summed E-state index contributed by atoms with van der Waals surface area (Å²) in [6, 6.07) is 3.66. The fourth-order valence-electron chi connectivity index (χ4n) is 2.36. The minimum Gasteiger partial charge on any atom is -0.207 e. The minimum absolute atomic E-state index is 0.0494. The van der Waals surface area contributed by atoms with E-state index < -0.39 is 15.8 Å². The number of sulfonamides is 1. The molecule has 6 heteroatoms. The van der Waals surface area contributed by atoms with Crippen molar-refractivity contribution in [2.75, 3.05) is 0 Å². The van der Waals surface area contributed by atoms with Crippen molar-refractivity contribution in [3.8, 4) is 0 Å². The lowest BCUT2D eigenvalue weighted by Gasteiger charge is -2.08. The van der Waals surface area contributed by atoms with Gasteiger partial charge in [0.25, 0.3) is 0 Å². The third kappa shape index (κ3) is 2.34. The summed E-state index contributed by atoms with van der Waals surface area (Å²) in [6.45, 7) is 8.06. The predicted octanol–water partition coefficient (Wildman–Crippen LogP) is 3.30. The van der Waals surface area contributed by atoms with E-state index in [1.54, 1.807) is 0 Å². The lowest BCUT2D eigenvalue weighted by Crippen LogP contribution is -2.30. The van der Waals surface area contributed by atoms with Crippen LogP contribution in [0, 0.1) is 16.6 Å². The average Bonchev–Trinajstić information content (AvgIpc) is 2.64. The lowest BCUT2D eigenvalue weighted by molar-refractivity contribution is 0.457. The Bertz CT molecular complexity index is 612. The highest BCUT2D eigenvalue weighted by molar-refractivity contribution is 9.10. The van der Waals surface area contributed by atoms with Gasteiger partial charge in [-0.3, -0.25) is 0 Å². The number of hydrogen-bond donors (Lipinski definition) is 1. The van der Waals surface area contributed by atoms with Crippen molar-refractivity contribution >= 4 is 26.0 Å². The molecule has 0 amide bonds. The van der Waals surface area contributed by atoms with Crippen molar-refractivity contribution in [2.24, 2.45) is 10.8 Å². The first kappa shape index (κ1) is 14.9. The van der Waals surface area contributed by atoms with Gasteiger partial charge in [0, 0.05) is 6.04 Å². The summed E-state index contributed by atoms with van der Waals surface area (Å²) in [7, 11) is -3.69. The molecule has 1 fully saturated rings. The van der Waals surface area contributed by atoms with Gasteiger partial charge in [-0.05, 0) is 45.0 Å². The molecule has 3 nitrogen and oxygen atoms in total. The van der Waals surface area contributed by atoms with Crippen LogP contribution in [0.4, 0.5) is 4.39 Å². The molecule has 0 unspecified atom stereocenters. The molecule has 0 heterocycles. The number of rotatable bonds is 3. The first-order chi connectivity index (χ1) is 8.50. The Morgan fingerprint density at radius 1 is 1.21 bits per heavy atom. The lowest BCUT2D eigenvalue weighted by atomic mass is 10.0. The zero-order valence-electron chi connectivity index (χ0n) is 11.3. The van der Waals surface area contributed by atoms with Crippen LogP contribution in [0.25, 0.3) is 0 Å². The molecule has 0 radical (unpaired) electrons. The average molecular weight is 350 g/mol. The second-order valence-electron chi connectivity index (χ2n) is 6.07. The monoisotopic (exact) mass is 349 g/mol. The topological polar surface area (TPSA) is 46.2 Å². The summed E-state index contributed by atoms with van der Waals surface area (Å²) in [5, 5.41) is 0. The zero-order chi connectivity index (χ0) is 14.6. The van der Waals surface area contributed by atoms with E-state index in [2.05, 4.69) is 20.7 Å². The van der Waals surface area contributed by atoms with Crippen molar-refractivity contribution in [3.63, 3.8) is 0 Å². The molecule has 1 aromatic rings. The Morgan fingerprint density at radius 2 is 1.74 bits per heavy atom. The standard InChI is InChI=1S/C13H17BrFNO2S/c1-12(2)11(13(12,3)4)16-19(17,18)8-5-6-9(14)10(15)7-8/h5-7,11,16H,1-4H3. The highest BCUT2D eigenvalue weighted by Gasteiger charge is 2.66. The molecule has 1 aromatic carbocycles. The van der Waals surface area contributed by atoms with Gasteiger partial charge >= 0.3 is 0 Å². The van der Waals surface area contributed by atoms with Gasteiger partial charge < -0.3 is 0 Å². The largest absolute Gasteiger partial charge is 0.240 e. The minimum atomic E-state index is -3.69. The third-order valence-electron chi connectivity index (χ3n) is 4.50. The van der Waals surface area contributed by atoms with Gasteiger partial charge in [-0.2, -0.15) is 0 Å². The molecule has 1 aliphatic rings. The van der Waals surface area contributed by atoms with Crippen LogP contribution in [0.15, 0.2) is 27.6 Å². The fraction of sp³-hybridized carbons (Fsp3) is 0.538. The van der Waals surface area contributed by atoms with Gasteiger partial charge in [0.2, 0.25) is 10.0 Å². The van der Waals surface area contributed by atoms with Gasteiger partial charge in [0.15, 0.2) is 0 Å². The highest BCUT2D eigenvalue weighted by atomic mass is 79.9. The summed E-state index contributed by atoms with van der Waals surface area (Å²) in [5.41, 5.74) is -0.206. The molecule has 106 valence electrons. The Kier molecular flexibility index (Phi) is 3.35. The SMILES string of the molecule is CC1(C)C(NS(=O)(=O)c2ccc(Br)c(F)c2)C1(C)C. The Morgan fingerprint density at radius 3 is 2.16 bits per heavy atom. The molecule has 1 saturated carbocycles. The molecule has 19 heavy (non-hydrogen) atoms. The first-order valence-electron chi connectivity index (χ1n) is 5.97. The summed E-state index contributed by atoms with van der Waals surface area (Å²) in [4.78, 5) is -0.0494. The molecular formula is C13H17BrFNO2S. The predicted molar refractivity (Wildman–Crippen MR) is 75.8 cm³/mol. The Hall–Kier alpha value is -0.460. The maximum absolute atomic E-state index is 13.4. The van der Waals surface area contributed by atoms with Crippen molar-refractivity contribution in [1.29, 1.82) is 0 Å². The van der Waals surface area contributed by atoms with Crippen LogP contribution >= 0.6 is 15.9 Å². The maximum Gasteiger partial charge on any atom is 0.240 e. The van der Waals surface area contributed by atoms with Crippen LogP contribution in [-0.4, -0.2) is 14.5 Å². The molecule has 0 atom stereocenters. The summed E-state index contributed by atoms with van der Waals surface area (Å²) in [6.07, 6.45) is 0. The van der Waals surface area contributed by atoms with Crippen LogP contribution < -0.4 is 4.72 Å². The molecular weight excluding hydrogens is 333 g/mol. The molecule has 1 N–H and O–H groups in total. The smallest absolute Gasteiger partial charge is 0.207 e. The molecule has 0 bridgehead atoms. The van der Waals surface area contributed by atoms with E-state index in [4.69, 9.17) is 0 Å². The van der Waals surface area contributed by atoms with Crippen molar-refractivity contribution in [2.45, 2.75) is 38.6 Å². The van der Waals surface area contributed by atoms with E-state index in [-0.39, 0.29) is 26.2 Å².